The zero-order chi connectivity index (χ0) is 17.6. The Hall–Kier alpha value is -2.80. The van der Waals surface area contributed by atoms with E-state index in [9.17, 15) is 9.59 Å². The number of benzene rings is 1. The maximum absolute atomic E-state index is 12.4. The van der Waals surface area contributed by atoms with E-state index in [2.05, 4.69) is 20.6 Å². The summed E-state index contributed by atoms with van der Waals surface area (Å²) < 4.78 is 5.54. The topological polar surface area (TPSA) is 93.2 Å². The van der Waals surface area contributed by atoms with E-state index in [-0.39, 0.29) is 23.5 Å². The predicted molar refractivity (Wildman–Crippen MR) is 93.9 cm³/mol. The molecule has 1 atom stereocenters. The van der Waals surface area contributed by atoms with Crippen LogP contribution in [0.3, 0.4) is 0 Å². The van der Waals surface area contributed by atoms with Crippen LogP contribution < -0.4 is 10.6 Å². The van der Waals surface area contributed by atoms with Gasteiger partial charge in [0.1, 0.15) is 5.69 Å². The Morgan fingerprint density at radius 3 is 2.96 bits per heavy atom. The van der Waals surface area contributed by atoms with Gasteiger partial charge >= 0.3 is 0 Å². The van der Waals surface area contributed by atoms with E-state index < -0.39 is 0 Å². The van der Waals surface area contributed by atoms with Gasteiger partial charge in [-0.05, 0) is 38.0 Å². The average Bonchev–Trinajstić information content (AvgIpc) is 3.14. The Kier molecular flexibility index (Phi) is 5.35. The molecule has 0 spiro atoms. The molecule has 2 N–H and O–H groups in total. The van der Waals surface area contributed by atoms with Crippen molar-refractivity contribution < 1.29 is 14.3 Å². The lowest BCUT2D eigenvalue weighted by Crippen LogP contribution is -2.21. The summed E-state index contributed by atoms with van der Waals surface area (Å²) in [5, 5.41) is 5.84. The van der Waals surface area contributed by atoms with Crippen LogP contribution in [0.4, 0.5) is 11.6 Å². The van der Waals surface area contributed by atoms with Crippen LogP contribution in [0.25, 0.3) is 0 Å². The van der Waals surface area contributed by atoms with Crippen LogP contribution in [-0.4, -0.2) is 40.9 Å². The molecule has 1 amide bonds. The van der Waals surface area contributed by atoms with E-state index in [4.69, 9.17) is 4.74 Å². The van der Waals surface area contributed by atoms with E-state index in [1.165, 1.54) is 13.1 Å². The van der Waals surface area contributed by atoms with Gasteiger partial charge in [0, 0.05) is 30.6 Å². The quantitative estimate of drug-likeness (QED) is 0.785. The van der Waals surface area contributed by atoms with Crippen molar-refractivity contribution >= 4 is 23.3 Å². The molecule has 25 heavy (non-hydrogen) atoms. The highest BCUT2D eigenvalue weighted by Gasteiger charge is 2.16. The molecule has 1 aromatic carbocycles. The lowest BCUT2D eigenvalue weighted by atomic mass is 10.1. The van der Waals surface area contributed by atoms with E-state index in [0.717, 1.165) is 19.4 Å². The number of ketones is 1. The number of carbonyl (C=O) groups excluding carboxylic acids is 2. The summed E-state index contributed by atoms with van der Waals surface area (Å²) in [7, 11) is 0. The summed E-state index contributed by atoms with van der Waals surface area (Å²) in [4.78, 5) is 32.2. The van der Waals surface area contributed by atoms with Gasteiger partial charge in [0.2, 0.25) is 5.95 Å². The predicted octanol–water partition coefficient (Wildman–Crippen LogP) is 2.52. The highest BCUT2D eigenvalue weighted by Crippen LogP contribution is 2.14. The summed E-state index contributed by atoms with van der Waals surface area (Å²) in [6.45, 7) is 2.89. The van der Waals surface area contributed by atoms with E-state index >= 15 is 0 Å². The number of amides is 1. The SMILES string of the molecule is CC(=O)c1cccc(NC(=O)c2ccnc(NCC3CCCO3)n2)c1. The molecule has 1 saturated heterocycles. The van der Waals surface area contributed by atoms with Gasteiger partial charge in [-0.25, -0.2) is 9.97 Å². The number of carbonyl (C=O) groups is 2. The molecule has 1 aliphatic rings. The van der Waals surface area contributed by atoms with Crippen LogP contribution in [0.15, 0.2) is 36.5 Å². The third-order valence-corrected chi connectivity index (χ3v) is 3.93. The first kappa shape index (κ1) is 17.0. The third-order valence-electron chi connectivity index (χ3n) is 3.93. The summed E-state index contributed by atoms with van der Waals surface area (Å²) >= 11 is 0. The van der Waals surface area contributed by atoms with Gasteiger partial charge in [-0.1, -0.05) is 12.1 Å². The number of hydrogen-bond donors (Lipinski definition) is 2. The number of anilines is 2. The summed E-state index contributed by atoms with van der Waals surface area (Å²) in [6, 6.07) is 8.33. The molecule has 7 heteroatoms. The number of rotatable bonds is 6. The number of ether oxygens (including phenoxy) is 1. The Morgan fingerprint density at radius 1 is 1.32 bits per heavy atom. The fourth-order valence-electron chi connectivity index (χ4n) is 2.59. The fraction of sp³-hybridized carbons (Fsp3) is 0.333. The molecular weight excluding hydrogens is 320 g/mol. The minimum atomic E-state index is -0.358. The summed E-state index contributed by atoms with van der Waals surface area (Å²) in [5.74, 6) is -0.0253. The first-order valence-corrected chi connectivity index (χ1v) is 8.23. The minimum Gasteiger partial charge on any atom is -0.376 e. The normalized spacial score (nSPS) is 16.4. The number of nitrogens with zero attached hydrogens (tertiary/aromatic N) is 2. The summed E-state index contributed by atoms with van der Waals surface area (Å²) in [6.07, 6.45) is 3.77. The molecule has 130 valence electrons. The van der Waals surface area contributed by atoms with Crippen molar-refractivity contribution in [2.45, 2.75) is 25.9 Å². The lowest BCUT2D eigenvalue weighted by molar-refractivity contribution is 0.100. The van der Waals surface area contributed by atoms with E-state index in [1.807, 2.05) is 0 Å². The molecule has 1 aromatic heterocycles. The molecule has 2 aromatic rings. The van der Waals surface area contributed by atoms with E-state index in [1.54, 1.807) is 30.3 Å². The maximum atomic E-state index is 12.4. The smallest absolute Gasteiger partial charge is 0.274 e. The van der Waals surface area contributed by atoms with Crippen LogP contribution in [0, 0.1) is 0 Å². The number of Topliss-reactive ketones (excluding diaryl/α,β-unsaturated/α-hetero) is 1. The van der Waals surface area contributed by atoms with Crippen molar-refractivity contribution in [2.24, 2.45) is 0 Å². The third kappa shape index (κ3) is 4.60. The molecule has 1 aliphatic heterocycles. The Balaban J connectivity index is 1.64. The standard InChI is InChI=1S/C18H20N4O3/c1-12(23)13-4-2-5-14(10-13)21-17(24)16-7-8-19-18(22-16)20-11-15-6-3-9-25-15/h2,4-5,7-8,10,15H,3,6,9,11H2,1H3,(H,21,24)(H,19,20,22). The van der Waals surface area contributed by atoms with Crippen LogP contribution in [0.1, 0.15) is 40.6 Å². The zero-order valence-corrected chi connectivity index (χ0v) is 14.0. The van der Waals surface area contributed by atoms with Crippen molar-refractivity contribution in [3.8, 4) is 0 Å². The maximum Gasteiger partial charge on any atom is 0.274 e. The van der Waals surface area contributed by atoms with Crippen molar-refractivity contribution in [1.29, 1.82) is 0 Å². The number of hydrogen-bond acceptors (Lipinski definition) is 6. The van der Waals surface area contributed by atoms with Crippen LogP contribution in [0.2, 0.25) is 0 Å². The summed E-state index contributed by atoms with van der Waals surface area (Å²) in [5.41, 5.74) is 1.34. The van der Waals surface area contributed by atoms with Crippen molar-refractivity contribution in [1.82, 2.24) is 9.97 Å². The molecule has 3 rings (SSSR count). The fourth-order valence-corrected chi connectivity index (χ4v) is 2.59. The van der Waals surface area contributed by atoms with Crippen LogP contribution in [-0.2, 0) is 4.74 Å². The highest BCUT2D eigenvalue weighted by atomic mass is 16.5. The monoisotopic (exact) mass is 340 g/mol. The van der Waals surface area contributed by atoms with Crippen molar-refractivity contribution in [2.75, 3.05) is 23.8 Å². The second kappa shape index (κ2) is 7.85. The van der Waals surface area contributed by atoms with Gasteiger partial charge < -0.3 is 15.4 Å². The van der Waals surface area contributed by atoms with Gasteiger partial charge in [-0.2, -0.15) is 0 Å². The Morgan fingerprint density at radius 2 is 2.20 bits per heavy atom. The van der Waals surface area contributed by atoms with Gasteiger partial charge in [-0.3, -0.25) is 9.59 Å². The second-order valence-electron chi connectivity index (χ2n) is 5.87. The van der Waals surface area contributed by atoms with Crippen molar-refractivity contribution in [3.63, 3.8) is 0 Å². The lowest BCUT2D eigenvalue weighted by Gasteiger charge is -2.11. The Bertz CT molecular complexity index is 772. The van der Waals surface area contributed by atoms with Gasteiger partial charge in [-0.15, -0.1) is 0 Å². The molecule has 1 fully saturated rings. The molecule has 0 saturated carbocycles. The first-order chi connectivity index (χ1) is 12.1. The zero-order valence-electron chi connectivity index (χ0n) is 14.0. The molecule has 0 bridgehead atoms. The molecule has 0 aliphatic carbocycles. The van der Waals surface area contributed by atoms with Gasteiger partial charge in [0.05, 0.1) is 6.10 Å². The molecular formula is C18H20N4O3. The second-order valence-corrected chi connectivity index (χ2v) is 5.87. The first-order valence-electron chi connectivity index (χ1n) is 8.23. The number of aromatic nitrogens is 2. The molecule has 2 heterocycles. The molecule has 1 unspecified atom stereocenters. The van der Waals surface area contributed by atoms with Gasteiger partial charge in [0.25, 0.3) is 5.91 Å². The largest absolute Gasteiger partial charge is 0.376 e. The van der Waals surface area contributed by atoms with Crippen molar-refractivity contribution in [3.05, 3.63) is 47.8 Å². The van der Waals surface area contributed by atoms with Gasteiger partial charge in [0.15, 0.2) is 5.78 Å². The van der Waals surface area contributed by atoms with Crippen LogP contribution >= 0.6 is 0 Å². The Labute approximate surface area is 145 Å². The molecule has 0 radical (unpaired) electrons. The van der Waals surface area contributed by atoms with E-state index in [0.29, 0.717) is 23.7 Å². The molecule has 7 nitrogen and oxygen atoms in total. The van der Waals surface area contributed by atoms with Crippen LogP contribution in [0.5, 0.6) is 0 Å². The average molecular weight is 340 g/mol. The number of nitrogens with one attached hydrogen (secondary N) is 2. The minimum absolute atomic E-state index is 0.0567. The highest BCUT2D eigenvalue weighted by molar-refractivity contribution is 6.04.